The summed E-state index contributed by atoms with van der Waals surface area (Å²) in [5.41, 5.74) is 5.68. The Balaban J connectivity index is 2.63. The van der Waals surface area contributed by atoms with Crippen LogP contribution in [0.3, 0.4) is 0 Å². The highest BCUT2D eigenvalue weighted by atomic mass is 16.5. The van der Waals surface area contributed by atoms with Crippen molar-refractivity contribution in [3.63, 3.8) is 0 Å². The first-order chi connectivity index (χ1) is 7.24. The highest BCUT2D eigenvalue weighted by Crippen LogP contribution is 2.25. The second-order valence-corrected chi connectivity index (χ2v) is 2.96. The van der Waals surface area contributed by atoms with E-state index in [0.717, 1.165) is 5.82 Å². The van der Waals surface area contributed by atoms with Gasteiger partial charge in [0.25, 0.3) is 0 Å². The van der Waals surface area contributed by atoms with Crippen LogP contribution >= 0.6 is 0 Å². The van der Waals surface area contributed by atoms with E-state index in [1.807, 2.05) is 6.92 Å². The summed E-state index contributed by atoms with van der Waals surface area (Å²) in [7, 11) is 1.53. The fraction of sp³-hybridized carbons (Fsp3) is 0.222. The molecule has 0 aliphatic carbocycles. The third-order valence-electron chi connectivity index (χ3n) is 2.07. The zero-order chi connectivity index (χ0) is 10.8. The van der Waals surface area contributed by atoms with Gasteiger partial charge in [0.05, 0.1) is 7.11 Å². The van der Waals surface area contributed by atoms with Crippen LogP contribution in [0.25, 0.3) is 5.82 Å². The number of ether oxygens (including phenoxy) is 1. The number of aryl methyl sites for hydroxylation is 1. The van der Waals surface area contributed by atoms with Crippen molar-refractivity contribution in [1.29, 1.82) is 0 Å². The van der Waals surface area contributed by atoms with Crippen LogP contribution in [-0.2, 0) is 0 Å². The average Bonchev–Trinajstić information content (AvgIpc) is 2.64. The molecule has 0 saturated heterocycles. The summed E-state index contributed by atoms with van der Waals surface area (Å²) in [6.07, 6.45) is 4.87. The first-order valence-corrected chi connectivity index (χ1v) is 4.39. The molecule has 2 rings (SSSR count). The number of hydrogen-bond donors (Lipinski definition) is 1. The minimum absolute atomic E-state index is 0.315. The Bertz CT molecular complexity index is 479. The maximum Gasteiger partial charge on any atom is 0.204 e. The average molecular weight is 205 g/mol. The number of methoxy groups -OCH3 is 1. The molecule has 2 aromatic rings. The molecule has 78 valence electrons. The van der Waals surface area contributed by atoms with Gasteiger partial charge >= 0.3 is 0 Å². The molecule has 0 radical (unpaired) electrons. The van der Waals surface area contributed by atoms with Gasteiger partial charge in [0.1, 0.15) is 12.2 Å². The minimum Gasteiger partial charge on any atom is -0.490 e. The third-order valence-corrected chi connectivity index (χ3v) is 2.07. The number of imidazole rings is 1. The van der Waals surface area contributed by atoms with Crippen LogP contribution in [0.2, 0.25) is 0 Å². The number of aromatic nitrogens is 4. The monoisotopic (exact) mass is 205 g/mol. The topological polar surface area (TPSA) is 78.9 Å². The Morgan fingerprint density at radius 1 is 1.33 bits per heavy atom. The molecule has 6 heteroatoms. The van der Waals surface area contributed by atoms with Crippen molar-refractivity contribution in [2.75, 3.05) is 12.8 Å². The molecule has 2 aromatic heterocycles. The Morgan fingerprint density at radius 2 is 2.13 bits per heavy atom. The highest BCUT2D eigenvalue weighted by molar-refractivity contribution is 5.55. The minimum atomic E-state index is 0.315. The van der Waals surface area contributed by atoms with Gasteiger partial charge in [-0.3, -0.25) is 4.57 Å². The fourth-order valence-corrected chi connectivity index (χ4v) is 1.35. The van der Waals surface area contributed by atoms with E-state index in [1.54, 1.807) is 17.0 Å². The molecule has 0 bridgehead atoms. The summed E-state index contributed by atoms with van der Waals surface area (Å²) >= 11 is 0. The SMILES string of the molecule is COc1c(N)ncnc1-n1ccnc1C. The summed E-state index contributed by atoms with van der Waals surface area (Å²) < 4.78 is 6.94. The molecule has 0 spiro atoms. The van der Waals surface area contributed by atoms with Crippen LogP contribution in [0, 0.1) is 6.92 Å². The zero-order valence-electron chi connectivity index (χ0n) is 8.51. The second-order valence-electron chi connectivity index (χ2n) is 2.96. The summed E-state index contributed by atoms with van der Waals surface area (Å²) in [5, 5.41) is 0. The lowest BCUT2D eigenvalue weighted by Crippen LogP contribution is -2.06. The molecular weight excluding hydrogens is 194 g/mol. The molecule has 0 unspecified atom stereocenters. The van der Waals surface area contributed by atoms with Gasteiger partial charge in [-0.2, -0.15) is 0 Å². The summed E-state index contributed by atoms with van der Waals surface area (Å²) in [6, 6.07) is 0. The van der Waals surface area contributed by atoms with E-state index in [0.29, 0.717) is 17.4 Å². The molecule has 0 atom stereocenters. The zero-order valence-corrected chi connectivity index (χ0v) is 8.51. The van der Waals surface area contributed by atoms with Gasteiger partial charge in [0.15, 0.2) is 11.6 Å². The van der Waals surface area contributed by atoms with E-state index < -0.39 is 0 Å². The lowest BCUT2D eigenvalue weighted by atomic mass is 10.4. The second kappa shape index (κ2) is 3.56. The number of rotatable bonds is 2. The third kappa shape index (κ3) is 1.50. The highest BCUT2D eigenvalue weighted by Gasteiger charge is 2.12. The predicted molar refractivity (Wildman–Crippen MR) is 54.9 cm³/mol. The molecule has 0 saturated carbocycles. The van der Waals surface area contributed by atoms with Crippen LogP contribution in [0.4, 0.5) is 5.82 Å². The Kier molecular flexibility index (Phi) is 2.24. The van der Waals surface area contributed by atoms with E-state index in [2.05, 4.69) is 15.0 Å². The van der Waals surface area contributed by atoms with Crippen molar-refractivity contribution < 1.29 is 4.74 Å². The molecule has 2 N–H and O–H groups in total. The molecule has 0 amide bonds. The number of hydrogen-bond acceptors (Lipinski definition) is 5. The van der Waals surface area contributed by atoms with E-state index in [-0.39, 0.29) is 0 Å². The van der Waals surface area contributed by atoms with E-state index in [4.69, 9.17) is 10.5 Å². The summed E-state index contributed by atoms with van der Waals surface area (Å²) in [6.45, 7) is 1.87. The number of nitrogen functional groups attached to an aromatic ring is 1. The Hall–Kier alpha value is -2.11. The van der Waals surface area contributed by atoms with Crippen LogP contribution < -0.4 is 10.5 Å². The van der Waals surface area contributed by atoms with Crippen molar-refractivity contribution >= 4 is 5.82 Å². The normalized spacial score (nSPS) is 10.3. The van der Waals surface area contributed by atoms with E-state index in [1.165, 1.54) is 13.4 Å². The lowest BCUT2D eigenvalue weighted by Gasteiger charge is -2.10. The van der Waals surface area contributed by atoms with Gasteiger partial charge < -0.3 is 10.5 Å². The first kappa shape index (κ1) is 9.45. The molecule has 15 heavy (non-hydrogen) atoms. The molecule has 0 aliphatic rings. The van der Waals surface area contributed by atoms with E-state index >= 15 is 0 Å². The quantitative estimate of drug-likeness (QED) is 0.775. The van der Waals surface area contributed by atoms with Crippen molar-refractivity contribution in [2.45, 2.75) is 6.92 Å². The Labute approximate surface area is 86.7 Å². The van der Waals surface area contributed by atoms with Crippen LogP contribution in [-0.4, -0.2) is 26.6 Å². The van der Waals surface area contributed by atoms with Gasteiger partial charge in [0, 0.05) is 12.4 Å². The lowest BCUT2D eigenvalue weighted by molar-refractivity contribution is 0.410. The van der Waals surface area contributed by atoms with Crippen LogP contribution in [0.5, 0.6) is 5.75 Å². The van der Waals surface area contributed by atoms with Crippen molar-refractivity contribution in [3.05, 3.63) is 24.5 Å². The van der Waals surface area contributed by atoms with Crippen molar-refractivity contribution in [2.24, 2.45) is 0 Å². The summed E-state index contributed by atoms with van der Waals surface area (Å²) in [5.74, 6) is 2.18. The first-order valence-electron chi connectivity index (χ1n) is 4.39. The van der Waals surface area contributed by atoms with Gasteiger partial charge in [-0.05, 0) is 6.92 Å². The molecule has 0 fully saturated rings. The van der Waals surface area contributed by atoms with Gasteiger partial charge in [0.2, 0.25) is 5.75 Å². The number of nitrogens with two attached hydrogens (primary N) is 1. The largest absolute Gasteiger partial charge is 0.490 e. The van der Waals surface area contributed by atoms with Crippen LogP contribution in [0.15, 0.2) is 18.7 Å². The van der Waals surface area contributed by atoms with Crippen molar-refractivity contribution in [1.82, 2.24) is 19.5 Å². The van der Waals surface area contributed by atoms with Crippen molar-refractivity contribution in [3.8, 4) is 11.6 Å². The van der Waals surface area contributed by atoms with Gasteiger partial charge in [-0.25, -0.2) is 15.0 Å². The fourth-order valence-electron chi connectivity index (χ4n) is 1.35. The molecule has 0 aromatic carbocycles. The molecular formula is C9H11N5O. The smallest absolute Gasteiger partial charge is 0.204 e. The maximum atomic E-state index is 5.68. The predicted octanol–water partition coefficient (Wildman–Crippen LogP) is 0.562. The Morgan fingerprint density at radius 3 is 2.73 bits per heavy atom. The molecule has 2 heterocycles. The van der Waals surface area contributed by atoms with Gasteiger partial charge in [-0.1, -0.05) is 0 Å². The number of nitrogens with zero attached hydrogens (tertiary/aromatic N) is 4. The standard InChI is InChI=1S/C9H11N5O/c1-6-11-3-4-14(6)9-7(15-2)8(10)12-5-13-9/h3-5H,1-2H3,(H2,10,12,13). The number of anilines is 1. The maximum absolute atomic E-state index is 5.68. The summed E-state index contributed by atoms with van der Waals surface area (Å²) in [4.78, 5) is 12.1. The van der Waals surface area contributed by atoms with Gasteiger partial charge in [-0.15, -0.1) is 0 Å². The van der Waals surface area contributed by atoms with E-state index in [9.17, 15) is 0 Å². The molecule has 6 nitrogen and oxygen atoms in total. The van der Waals surface area contributed by atoms with Crippen LogP contribution in [0.1, 0.15) is 5.82 Å². The molecule has 0 aliphatic heterocycles.